The van der Waals surface area contributed by atoms with Gasteiger partial charge in [-0.3, -0.25) is 5.32 Å². The van der Waals surface area contributed by atoms with Crippen LogP contribution in [0.4, 0.5) is 10.6 Å². The van der Waals surface area contributed by atoms with E-state index in [4.69, 9.17) is 11.5 Å². The van der Waals surface area contributed by atoms with E-state index in [1.165, 1.54) is 0 Å². The Morgan fingerprint density at radius 3 is 2.35 bits per heavy atom. The van der Waals surface area contributed by atoms with Gasteiger partial charge in [-0.1, -0.05) is 30.3 Å². The average molecular weight is 270 g/mol. The zero-order chi connectivity index (χ0) is 14.8. The number of hydrogen-bond acceptors (Lipinski definition) is 3. The number of hydrogen-bond donors (Lipinski definition) is 3. The highest BCUT2D eigenvalue weighted by atomic mass is 16.2. The van der Waals surface area contributed by atoms with Crippen LogP contribution in [0.25, 0.3) is 11.3 Å². The van der Waals surface area contributed by atoms with Crippen LogP contribution < -0.4 is 16.8 Å². The third kappa shape index (κ3) is 3.33. The van der Waals surface area contributed by atoms with Crippen molar-refractivity contribution in [3.8, 4) is 11.3 Å². The van der Waals surface area contributed by atoms with Crippen LogP contribution in [0.1, 0.15) is 19.4 Å². The summed E-state index contributed by atoms with van der Waals surface area (Å²) in [5.41, 5.74) is 13.5. The Labute approximate surface area is 118 Å². The molecule has 2 amide bonds. The normalized spacial score (nSPS) is 11.2. The molecule has 5 heteroatoms. The zero-order valence-electron chi connectivity index (χ0n) is 11.6. The summed E-state index contributed by atoms with van der Waals surface area (Å²) in [5, 5.41) is 2.46. The summed E-state index contributed by atoms with van der Waals surface area (Å²) in [7, 11) is 0. The summed E-state index contributed by atoms with van der Waals surface area (Å²) in [6, 6.07) is 12.6. The Morgan fingerprint density at radius 1 is 1.15 bits per heavy atom. The standard InChI is InChI=1S/C15H18N4O/c1-15(2,17)11-8-6-10(7-9-11)12-4-3-5-13(18-12)19-14(16)20/h3-9H,17H2,1-2H3,(H3,16,18,19,20). The molecule has 0 atom stereocenters. The van der Waals surface area contributed by atoms with Gasteiger partial charge in [0.05, 0.1) is 5.69 Å². The second-order valence-corrected chi connectivity index (χ2v) is 5.20. The van der Waals surface area contributed by atoms with Gasteiger partial charge in [0.25, 0.3) is 0 Å². The largest absolute Gasteiger partial charge is 0.351 e. The van der Waals surface area contributed by atoms with E-state index in [0.29, 0.717) is 5.82 Å². The number of anilines is 1. The highest BCUT2D eigenvalue weighted by molar-refractivity contribution is 5.87. The second kappa shape index (κ2) is 5.30. The lowest BCUT2D eigenvalue weighted by atomic mass is 9.94. The van der Waals surface area contributed by atoms with Crippen LogP contribution in [-0.2, 0) is 5.54 Å². The van der Waals surface area contributed by atoms with Crippen LogP contribution in [0.2, 0.25) is 0 Å². The Morgan fingerprint density at radius 2 is 1.80 bits per heavy atom. The monoisotopic (exact) mass is 270 g/mol. The van der Waals surface area contributed by atoms with Crippen LogP contribution in [0.3, 0.4) is 0 Å². The van der Waals surface area contributed by atoms with Gasteiger partial charge in [0.2, 0.25) is 0 Å². The van der Waals surface area contributed by atoms with E-state index in [0.717, 1.165) is 16.8 Å². The molecule has 0 aliphatic carbocycles. The van der Waals surface area contributed by atoms with Crippen LogP contribution in [0, 0.1) is 0 Å². The topological polar surface area (TPSA) is 94.0 Å². The lowest BCUT2D eigenvalue weighted by Crippen LogP contribution is -2.28. The number of nitrogens with two attached hydrogens (primary N) is 2. The molecule has 104 valence electrons. The fourth-order valence-corrected chi connectivity index (χ4v) is 1.86. The first kappa shape index (κ1) is 14.0. The number of rotatable bonds is 3. The Balaban J connectivity index is 2.30. The van der Waals surface area contributed by atoms with Crippen molar-refractivity contribution in [2.24, 2.45) is 11.5 Å². The average Bonchev–Trinajstić information content (AvgIpc) is 2.37. The number of benzene rings is 1. The maximum Gasteiger partial charge on any atom is 0.317 e. The molecule has 0 spiro atoms. The molecule has 20 heavy (non-hydrogen) atoms. The smallest absolute Gasteiger partial charge is 0.317 e. The molecule has 0 saturated heterocycles. The molecular formula is C15H18N4O. The molecule has 0 aliphatic heterocycles. The number of aromatic nitrogens is 1. The van der Waals surface area contributed by atoms with Crippen molar-refractivity contribution in [2.75, 3.05) is 5.32 Å². The van der Waals surface area contributed by atoms with Gasteiger partial charge < -0.3 is 11.5 Å². The first-order valence-electron chi connectivity index (χ1n) is 6.29. The summed E-state index contributed by atoms with van der Waals surface area (Å²) in [6.07, 6.45) is 0. The summed E-state index contributed by atoms with van der Waals surface area (Å²) in [4.78, 5) is 15.2. The molecular weight excluding hydrogens is 252 g/mol. The molecule has 5 N–H and O–H groups in total. The van der Waals surface area contributed by atoms with Crippen LogP contribution in [0.5, 0.6) is 0 Å². The fourth-order valence-electron chi connectivity index (χ4n) is 1.86. The maximum absolute atomic E-state index is 10.8. The summed E-state index contributed by atoms with van der Waals surface area (Å²) < 4.78 is 0. The van der Waals surface area contributed by atoms with Gasteiger partial charge in [0.15, 0.2) is 0 Å². The molecule has 0 aliphatic rings. The van der Waals surface area contributed by atoms with Gasteiger partial charge >= 0.3 is 6.03 Å². The molecule has 0 fully saturated rings. The predicted octanol–water partition coefficient (Wildman–Crippen LogP) is 2.43. The summed E-state index contributed by atoms with van der Waals surface area (Å²) >= 11 is 0. The minimum Gasteiger partial charge on any atom is -0.351 e. The van der Waals surface area contributed by atoms with Crippen molar-refractivity contribution in [1.82, 2.24) is 4.98 Å². The number of nitrogens with zero attached hydrogens (tertiary/aromatic N) is 1. The Hall–Kier alpha value is -2.40. The van der Waals surface area contributed by atoms with E-state index < -0.39 is 6.03 Å². The van der Waals surface area contributed by atoms with Gasteiger partial charge in [0.1, 0.15) is 5.82 Å². The van der Waals surface area contributed by atoms with Gasteiger partial charge in [-0.2, -0.15) is 0 Å². The minimum absolute atomic E-state index is 0.374. The van der Waals surface area contributed by atoms with Crippen LogP contribution in [-0.4, -0.2) is 11.0 Å². The molecule has 1 aromatic heterocycles. The van der Waals surface area contributed by atoms with E-state index in [-0.39, 0.29) is 5.54 Å². The van der Waals surface area contributed by atoms with E-state index in [1.54, 1.807) is 6.07 Å². The van der Waals surface area contributed by atoms with E-state index >= 15 is 0 Å². The van der Waals surface area contributed by atoms with Crippen LogP contribution in [0.15, 0.2) is 42.5 Å². The molecule has 2 rings (SSSR count). The molecule has 0 saturated carbocycles. The Bertz CT molecular complexity index is 615. The maximum atomic E-state index is 10.8. The number of carbonyl (C=O) groups excluding carboxylic acids is 1. The Kier molecular flexibility index (Phi) is 3.72. The van der Waals surface area contributed by atoms with Crippen molar-refractivity contribution in [3.05, 3.63) is 48.0 Å². The fraction of sp³-hybridized carbons (Fsp3) is 0.200. The SMILES string of the molecule is CC(C)(N)c1ccc(-c2cccc(NC(N)=O)n2)cc1. The van der Waals surface area contributed by atoms with Gasteiger partial charge in [0, 0.05) is 11.1 Å². The number of urea groups is 1. The van der Waals surface area contributed by atoms with Gasteiger partial charge in [-0.15, -0.1) is 0 Å². The first-order valence-corrected chi connectivity index (χ1v) is 6.29. The van der Waals surface area contributed by atoms with Crippen LogP contribution >= 0.6 is 0 Å². The lowest BCUT2D eigenvalue weighted by molar-refractivity contribution is 0.259. The number of nitrogens with one attached hydrogen (secondary N) is 1. The van der Waals surface area contributed by atoms with E-state index in [2.05, 4.69) is 10.3 Å². The van der Waals surface area contributed by atoms with Crippen molar-refractivity contribution in [1.29, 1.82) is 0 Å². The zero-order valence-corrected chi connectivity index (χ0v) is 11.6. The highest BCUT2D eigenvalue weighted by Gasteiger charge is 2.13. The summed E-state index contributed by atoms with van der Waals surface area (Å²) in [6.45, 7) is 3.91. The van der Waals surface area contributed by atoms with E-state index in [9.17, 15) is 4.79 Å². The van der Waals surface area contributed by atoms with Crippen molar-refractivity contribution >= 4 is 11.8 Å². The van der Waals surface area contributed by atoms with Crippen molar-refractivity contribution in [2.45, 2.75) is 19.4 Å². The molecule has 0 unspecified atom stereocenters. The summed E-state index contributed by atoms with van der Waals surface area (Å²) in [5.74, 6) is 0.429. The number of amides is 2. The van der Waals surface area contributed by atoms with Crippen molar-refractivity contribution < 1.29 is 4.79 Å². The van der Waals surface area contributed by atoms with E-state index in [1.807, 2.05) is 50.2 Å². The molecule has 2 aromatic rings. The lowest BCUT2D eigenvalue weighted by Gasteiger charge is -2.19. The molecule has 0 radical (unpaired) electrons. The molecule has 1 heterocycles. The third-order valence-electron chi connectivity index (χ3n) is 2.93. The van der Waals surface area contributed by atoms with Gasteiger partial charge in [-0.25, -0.2) is 9.78 Å². The first-order chi connectivity index (χ1) is 9.36. The van der Waals surface area contributed by atoms with Crippen molar-refractivity contribution in [3.63, 3.8) is 0 Å². The molecule has 5 nitrogen and oxygen atoms in total. The second-order valence-electron chi connectivity index (χ2n) is 5.20. The number of pyridine rings is 1. The third-order valence-corrected chi connectivity index (χ3v) is 2.93. The molecule has 0 bridgehead atoms. The number of carbonyl (C=O) groups is 1. The van der Waals surface area contributed by atoms with Gasteiger partial charge in [-0.05, 0) is 31.5 Å². The molecule has 1 aromatic carbocycles. The minimum atomic E-state index is -0.630. The number of primary amides is 1. The quantitative estimate of drug-likeness (QED) is 0.799. The predicted molar refractivity (Wildman–Crippen MR) is 80.1 cm³/mol. The highest BCUT2D eigenvalue weighted by Crippen LogP contribution is 2.23.